The molecule has 0 aromatic heterocycles. The van der Waals surface area contributed by atoms with Gasteiger partial charge in [-0.1, -0.05) is 39.0 Å². The minimum absolute atomic E-state index is 0.179. The first kappa shape index (κ1) is 13.4. The second-order valence-electron chi connectivity index (χ2n) is 3.40. The van der Waals surface area contributed by atoms with Gasteiger partial charge < -0.3 is 4.74 Å². The van der Waals surface area contributed by atoms with E-state index in [4.69, 9.17) is 4.74 Å². The van der Waals surface area contributed by atoms with Gasteiger partial charge in [0.25, 0.3) is 0 Å². The van der Waals surface area contributed by atoms with Crippen molar-refractivity contribution in [3.8, 4) is 5.75 Å². The van der Waals surface area contributed by atoms with Crippen LogP contribution >= 0.6 is 11.9 Å². The molecule has 1 aromatic carbocycles. The third-order valence-corrected chi connectivity index (χ3v) is 3.72. The van der Waals surface area contributed by atoms with Gasteiger partial charge in [-0.3, -0.25) is 0 Å². The Morgan fingerprint density at radius 2 is 2.06 bits per heavy atom. The Hall–Kier alpha value is -0.670. The number of para-hydroxylation sites is 1. The van der Waals surface area contributed by atoms with Gasteiger partial charge in [0.15, 0.2) is 5.44 Å². The Labute approximate surface area is 103 Å². The molecule has 0 fully saturated rings. The first-order chi connectivity index (χ1) is 7.80. The van der Waals surface area contributed by atoms with Crippen LogP contribution in [-0.2, 0) is 0 Å². The minimum atomic E-state index is 0.179. The number of ether oxygens (including phenoxy) is 1. The van der Waals surface area contributed by atoms with Gasteiger partial charge in [-0.05, 0) is 24.4 Å². The Bertz CT molecular complexity index is 275. The van der Waals surface area contributed by atoms with Crippen LogP contribution in [0.2, 0.25) is 0 Å². The lowest BCUT2D eigenvalue weighted by Crippen LogP contribution is -2.22. The average molecular weight is 238 g/mol. The van der Waals surface area contributed by atoms with E-state index in [9.17, 15) is 0 Å². The monoisotopic (exact) mass is 238 g/mol. The Morgan fingerprint density at radius 1 is 1.31 bits per heavy atom. The van der Waals surface area contributed by atoms with Crippen molar-refractivity contribution in [2.45, 2.75) is 32.6 Å². The maximum Gasteiger partial charge on any atom is 0.158 e. The van der Waals surface area contributed by atoms with Crippen molar-refractivity contribution in [1.82, 2.24) is 4.31 Å². The second kappa shape index (κ2) is 7.58. The van der Waals surface area contributed by atoms with Gasteiger partial charge in [-0.25, -0.2) is 4.31 Å². The second-order valence-corrected chi connectivity index (χ2v) is 4.66. The van der Waals surface area contributed by atoms with Crippen molar-refractivity contribution in [2.24, 2.45) is 0 Å². The molecule has 0 aliphatic heterocycles. The summed E-state index contributed by atoms with van der Waals surface area (Å²) in [5.41, 5.74) is 0.179. The summed E-state index contributed by atoms with van der Waals surface area (Å²) in [6, 6.07) is 10.8. The molecule has 1 atom stereocenters. The standard InChI is InChI=1S/C13H20NOS/c1-4-13(16-14(5-2)6-3)15-12-10-8-7-9-11-12/h7-10,13H,4-6H2,1-3H3. The van der Waals surface area contributed by atoms with Gasteiger partial charge >= 0.3 is 0 Å². The Kier molecular flexibility index (Phi) is 6.34. The highest BCUT2D eigenvalue weighted by atomic mass is 32.2. The largest absolute Gasteiger partial charge is 0.478 e. The van der Waals surface area contributed by atoms with E-state index in [1.807, 2.05) is 24.3 Å². The fourth-order valence-electron chi connectivity index (χ4n) is 1.31. The summed E-state index contributed by atoms with van der Waals surface area (Å²) in [5, 5.41) is 0. The van der Waals surface area contributed by atoms with Gasteiger partial charge in [0.05, 0.1) is 0 Å². The minimum Gasteiger partial charge on any atom is -0.478 e. The van der Waals surface area contributed by atoms with Gasteiger partial charge in [0, 0.05) is 19.2 Å². The fraction of sp³-hybridized carbons (Fsp3) is 0.538. The van der Waals surface area contributed by atoms with Crippen molar-refractivity contribution >= 4 is 11.9 Å². The quantitative estimate of drug-likeness (QED) is 0.532. The van der Waals surface area contributed by atoms with E-state index >= 15 is 0 Å². The highest BCUT2D eigenvalue weighted by Gasteiger charge is 2.12. The molecule has 16 heavy (non-hydrogen) atoms. The summed E-state index contributed by atoms with van der Waals surface area (Å²) in [6.45, 7) is 8.55. The molecule has 0 saturated heterocycles. The highest BCUT2D eigenvalue weighted by molar-refractivity contribution is 7.97. The Morgan fingerprint density at radius 3 is 2.56 bits per heavy atom. The smallest absolute Gasteiger partial charge is 0.158 e. The van der Waals surface area contributed by atoms with Gasteiger partial charge in [0.1, 0.15) is 5.75 Å². The molecule has 3 heteroatoms. The van der Waals surface area contributed by atoms with Gasteiger partial charge in [0.2, 0.25) is 0 Å². The first-order valence-electron chi connectivity index (χ1n) is 5.85. The third kappa shape index (κ3) is 4.45. The van der Waals surface area contributed by atoms with E-state index in [0.29, 0.717) is 0 Å². The fourth-order valence-corrected chi connectivity index (χ4v) is 2.24. The van der Waals surface area contributed by atoms with E-state index in [1.165, 1.54) is 0 Å². The molecule has 0 bridgehead atoms. The van der Waals surface area contributed by atoms with E-state index < -0.39 is 0 Å². The van der Waals surface area contributed by atoms with Crippen LogP contribution in [0.4, 0.5) is 0 Å². The van der Waals surface area contributed by atoms with Crippen LogP contribution in [0.15, 0.2) is 24.3 Å². The number of hydrogen-bond donors (Lipinski definition) is 0. The van der Waals surface area contributed by atoms with Crippen molar-refractivity contribution in [1.29, 1.82) is 0 Å². The predicted octanol–water partition coefficient (Wildman–Crippen LogP) is 3.59. The SMILES string of the molecule is CCC(Oc1[c]cccc1)SN(CC)CC. The molecule has 1 radical (unpaired) electrons. The molecule has 0 N–H and O–H groups in total. The maximum absolute atomic E-state index is 5.86. The lowest BCUT2D eigenvalue weighted by Gasteiger charge is -2.23. The molecule has 0 saturated carbocycles. The van der Waals surface area contributed by atoms with Crippen LogP contribution in [0.5, 0.6) is 5.75 Å². The normalized spacial score (nSPS) is 12.8. The van der Waals surface area contributed by atoms with E-state index in [1.54, 1.807) is 11.9 Å². The van der Waals surface area contributed by atoms with Crippen molar-refractivity contribution in [2.75, 3.05) is 13.1 Å². The summed E-state index contributed by atoms with van der Waals surface area (Å²) in [6.07, 6.45) is 0.990. The molecule has 1 unspecified atom stereocenters. The molecule has 0 amide bonds. The van der Waals surface area contributed by atoms with Crippen LogP contribution in [0.3, 0.4) is 0 Å². The van der Waals surface area contributed by atoms with Crippen LogP contribution in [-0.4, -0.2) is 22.8 Å². The highest BCUT2D eigenvalue weighted by Crippen LogP contribution is 2.23. The summed E-state index contributed by atoms with van der Waals surface area (Å²) in [7, 11) is 0. The molecular weight excluding hydrogens is 218 g/mol. The summed E-state index contributed by atoms with van der Waals surface area (Å²) < 4.78 is 8.17. The van der Waals surface area contributed by atoms with Crippen molar-refractivity contribution < 1.29 is 4.74 Å². The summed E-state index contributed by atoms with van der Waals surface area (Å²) in [4.78, 5) is 0. The van der Waals surface area contributed by atoms with Gasteiger partial charge in [-0.15, -0.1) is 0 Å². The number of benzene rings is 1. The summed E-state index contributed by atoms with van der Waals surface area (Å²) in [5.74, 6) is 0.828. The molecule has 0 heterocycles. The molecule has 0 spiro atoms. The molecular formula is C13H20NOS. The molecule has 0 aliphatic rings. The zero-order valence-electron chi connectivity index (χ0n) is 10.3. The molecule has 89 valence electrons. The van der Waals surface area contributed by atoms with Crippen LogP contribution in [0.25, 0.3) is 0 Å². The predicted molar refractivity (Wildman–Crippen MR) is 70.5 cm³/mol. The summed E-state index contributed by atoms with van der Waals surface area (Å²) >= 11 is 1.78. The average Bonchev–Trinajstić information content (AvgIpc) is 2.35. The molecule has 1 rings (SSSR count). The zero-order chi connectivity index (χ0) is 11.8. The molecule has 0 aliphatic carbocycles. The van der Waals surface area contributed by atoms with Crippen LogP contribution in [0, 0.1) is 6.07 Å². The number of rotatable bonds is 7. The van der Waals surface area contributed by atoms with E-state index in [0.717, 1.165) is 25.3 Å². The lowest BCUT2D eigenvalue weighted by molar-refractivity contribution is 0.276. The van der Waals surface area contributed by atoms with E-state index in [2.05, 4.69) is 31.1 Å². The zero-order valence-corrected chi connectivity index (χ0v) is 11.1. The Balaban J connectivity index is 2.49. The van der Waals surface area contributed by atoms with Crippen molar-refractivity contribution in [3.63, 3.8) is 0 Å². The first-order valence-corrected chi connectivity index (χ1v) is 6.68. The van der Waals surface area contributed by atoms with Crippen molar-refractivity contribution in [3.05, 3.63) is 30.3 Å². The van der Waals surface area contributed by atoms with Crippen LogP contribution < -0.4 is 4.74 Å². The number of nitrogens with zero attached hydrogens (tertiary/aromatic N) is 1. The molecule has 2 nitrogen and oxygen atoms in total. The van der Waals surface area contributed by atoms with Crippen LogP contribution in [0.1, 0.15) is 27.2 Å². The maximum atomic E-state index is 5.86. The van der Waals surface area contributed by atoms with E-state index in [-0.39, 0.29) is 5.44 Å². The lowest BCUT2D eigenvalue weighted by atomic mass is 10.3. The molecule has 1 aromatic rings. The third-order valence-electron chi connectivity index (χ3n) is 2.24. The van der Waals surface area contributed by atoms with Gasteiger partial charge in [-0.2, -0.15) is 0 Å². The number of hydrogen-bond acceptors (Lipinski definition) is 3. The topological polar surface area (TPSA) is 12.5 Å².